The lowest BCUT2D eigenvalue weighted by Crippen LogP contribution is -2.41. The smallest absolute Gasteiger partial charge is 0.410 e. The van der Waals surface area contributed by atoms with Crippen LogP contribution in [0.2, 0.25) is 0 Å². The standard InChI is InChI=1S/C24H28N4O5S2/c1-3-33-24(30)27-13-11-19-20(14-25)23(34-21(19)15-27)26-22(29)17-7-9-18(10-8-17)35(31,32)28-12-5-4-6-16(28)2/h7-10,16H,3-6,11-13,15H2,1-2H3,(H,26,29)/t16-/m1/s1. The van der Waals surface area contributed by atoms with Gasteiger partial charge >= 0.3 is 6.09 Å². The fraction of sp³-hybridized carbons (Fsp3) is 0.458. The summed E-state index contributed by atoms with van der Waals surface area (Å²) in [5, 5.41) is 12.9. The Balaban J connectivity index is 1.50. The molecule has 1 saturated heterocycles. The highest BCUT2D eigenvalue weighted by atomic mass is 32.2. The second-order valence-electron chi connectivity index (χ2n) is 8.63. The van der Waals surface area contributed by atoms with Crippen LogP contribution in [0.4, 0.5) is 9.80 Å². The molecule has 2 aliphatic rings. The molecule has 1 atom stereocenters. The number of carbonyl (C=O) groups is 2. The largest absolute Gasteiger partial charge is 0.450 e. The highest BCUT2D eigenvalue weighted by Gasteiger charge is 2.31. The number of fused-ring (bicyclic) bond motifs is 1. The molecule has 9 nitrogen and oxygen atoms in total. The topological polar surface area (TPSA) is 120 Å². The zero-order chi connectivity index (χ0) is 25.2. The van der Waals surface area contributed by atoms with Crippen molar-refractivity contribution in [2.75, 3.05) is 25.0 Å². The van der Waals surface area contributed by atoms with Gasteiger partial charge in [-0.15, -0.1) is 11.3 Å². The van der Waals surface area contributed by atoms with Crippen molar-refractivity contribution < 1.29 is 22.7 Å². The van der Waals surface area contributed by atoms with E-state index in [9.17, 15) is 23.3 Å². The second-order valence-corrected chi connectivity index (χ2v) is 11.6. The van der Waals surface area contributed by atoms with Crippen LogP contribution in [0.25, 0.3) is 0 Å². The lowest BCUT2D eigenvalue weighted by molar-refractivity contribution is 0.102. The van der Waals surface area contributed by atoms with Crippen LogP contribution in [0.1, 0.15) is 59.5 Å². The number of ether oxygens (including phenoxy) is 1. The second kappa shape index (κ2) is 10.4. The van der Waals surface area contributed by atoms with Crippen molar-refractivity contribution in [3.05, 3.63) is 45.8 Å². The van der Waals surface area contributed by atoms with E-state index in [-0.39, 0.29) is 17.5 Å². The molecule has 0 aliphatic carbocycles. The zero-order valence-electron chi connectivity index (χ0n) is 19.7. The van der Waals surface area contributed by atoms with E-state index in [0.29, 0.717) is 42.2 Å². The molecule has 11 heteroatoms. The van der Waals surface area contributed by atoms with E-state index in [1.165, 1.54) is 39.9 Å². The van der Waals surface area contributed by atoms with Gasteiger partial charge in [0.2, 0.25) is 10.0 Å². The third-order valence-corrected chi connectivity index (χ3v) is 9.55. The fourth-order valence-corrected chi connectivity index (χ4v) is 7.41. The van der Waals surface area contributed by atoms with Crippen LogP contribution in [0, 0.1) is 11.3 Å². The highest BCUT2D eigenvalue weighted by Crippen LogP contribution is 2.37. The van der Waals surface area contributed by atoms with Crippen molar-refractivity contribution in [2.24, 2.45) is 0 Å². The van der Waals surface area contributed by atoms with Crippen LogP contribution < -0.4 is 5.32 Å². The van der Waals surface area contributed by atoms with Gasteiger partial charge in [-0.3, -0.25) is 4.79 Å². The molecule has 1 N–H and O–H groups in total. The normalized spacial score (nSPS) is 18.4. The zero-order valence-corrected chi connectivity index (χ0v) is 21.4. The maximum Gasteiger partial charge on any atom is 0.410 e. The number of anilines is 1. The van der Waals surface area contributed by atoms with Crippen molar-refractivity contribution >= 4 is 38.4 Å². The van der Waals surface area contributed by atoms with Crippen molar-refractivity contribution in [3.63, 3.8) is 0 Å². The van der Waals surface area contributed by atoms with Gasteiger partial charge in [0.25, 0.3) is 5.91 Å². The molecule has 2 aliphatic heterocycles. The molecule has 1 fully saturated rings. The molecule has 4 rings (SSSR count). The Morgan fingerprint density at radius 3 is 2.63 bits per heavy atom. The van der Waals surface area contributed by atoms with E-state index in [1.807, 2.05) is 6.92 Å². The molecule has 0 bridgehead atoms. The van der Waals surface area contributed by atoms with Crippen LogP contribution in [0.5, 0.6) is 0 Å². The minimum absolute atomic E-state index is 0.0502. The number of thiophene rings is 1. The molecule has 2 amide bonds. The number of nitriles is 1. The number of nitrogens with zero attached hydrogens (tertiary/aromatic N) is 3. The molecule has 35 heavy (non-hydrogen) atoms. The fourth-order valence-electron chi connectivity index (χ4n) is 4.50. The Morgan fingerprint density at radius 1 is 1.23 bits per heavy atom. The first-order chi connectivity index (χ1) is 16.8. The summed E-state index contributed by atoms with van der Waals surface area (Å²) < 4.78 is 32.7. The third-order valence-electron chi connectivity index (χ3n) is 6.39. The van der Waals surface area contributed by atoms with Crippen LogP contribution in [-0.2, 0) is 27.7 Å². The van der Waals surface area contributed by atoms with Gasteiger partial charge in [0.15, 0.2) is 0 Å². The number of benzene rings is 1. The number of piperidine rings is 1. The van der Waals surface area contributed by atoms with Gasteiger partial charge in [-0.1, -0.05) is 6.42 Å². The quantitative estimate of drug-likeness (QED) is 0.643. The predicted molar refractivity (Wildman–Crippen MR) is 132 cm³/mol. The molecule has 2 aromatic rings. The first-order valence-electron chi connectivity index (χ1n) is 11.7. The van der Waals surface area contributed by atoms with Gasteiger partial charge in [0.1, 0.15) is 11.1 Å². The van der Waals surface area contributed by atoms with E-state index >= 15 is 0 Å². The Bertz CT molecular complexity index is 1260. The summed E-state index contributed by atoms with van der Waals surface area (Å²) in [6.45, 7) is 5.21. The first-order valence-corrected chi connectivity index (χ1v) is 13.9. The average molecular weight is 517 g/mol. The molecular formula is C24H28N4O5S2. The van der Waals surface area contributed by atoms with Crippen LogP contribution >= 0.6 is 11.3 Å². The predicted octanol–water partition coefficient (Wildman–Crippen LogP) is 3.95. The number of rotatable bonds is 5. The van der Waals surface area contributed by atoms with E-state index in [0.717, 1.165) is 29.7 Å². The summed E-state index contributed by atoms with van der Waals surface area (Å²) >= 11 is 1.27. The lowest BCUT2D eigenvalue weighted by atomic mass is 10.0. The molecule has 0 spiro atoms. The van der Waals surface area contributed by atoms with Crippen LogP contribution in [0.3, 0.4) is 0 Å². The molecule has 0 saturated carbocycles. The van der Waals surface area contributed by atoms with Crippen molar-refractivity contribution in [3.8, 4) is 6.07 Å². The highest BCUT2D eigenvalue weighted by molar-refractivity contribution is 7.89. The summed E-state index contributed by atoms with van der Waals surface area (Å²) in [4.78, 5) is 27.6. The minimum atomic E-state index is -3.62. The van der Waals surface area contributed by atoms with Gasteiger partial charge in [0.05, 0.1) is 23.6 Å². The summed E-state index contributed by atoms with van der Waals surface area (Å²) in [7, 11) is -3.62. The average Bonchev–Trinajstić information content (AvgIpc) is 3.20. The first kappa shape index (κ1) is 25.2. The number of amides is 2. The van der Waals surface area contributed by atoms with Gasteiger partial charge in [-0.05, 0) is 62.9 Å². The molecule has 186 valence electrons. The molecule has 1 aromatic carbocycles. The molecule has 1 aromatic heterocycles. The SMILES string of the molecule is CCOC(=O)N1CCc2c(sc(NC(=O)c3ccc(S(=O)(=O)N4CCCC[C@H]4C)cc3)c2C#N)C1. The van der Waals surface area contributed by atoms with E-state index in [4.69, 9.17) is 4.74 Å². The molecule has 0 unspecified atom stereocenters. The minimum Gasteiger partial charge on any atom is -0.450 e. The van der Waals surface area contributed by atoms with Gasteiger partial charge < -0.3 is 15.0 Å². The number of sulfonamides is 1. The number of carbonyl (C=O) groups excluding carboxylic acids is 2. The number of nitrogens with one attached hydrogen (secondary N) is 1. The van der Waals surface area contributed by atoms with Crippen molar-refractivity contribution in [2.45, 2.75) is 57.0 Å². The molecule has 0 radical (unpaired) electrons. The van der Waals surface area contributed by atoms with Crippen molar-refractivity contribution in [1.82, 2.24) is 9.21 Å². The van der Waals surface area contributed by atoms with E-state index < -0.39 is 22.0 Å². The number of hydrogen-bond donors (Lipinski definition) is 1. The van der Waals surface area contributed by atoms with Crippen LogP contribution in [0.15, 0.2) is 29.2 Å². The van der Waals surface area contributed by atoms with Gasteiger partial charge in [-0.2, -0.15) is 9.57 Å². The Labute approximate surface area is 209 Å². The van der Waals surface area contributed by atoms with Crippen LogP contribution in [-0.4, -0.2) is 55.4 Å². The number of hydrogen-bond acceptors (Lipinski definition) is 7. The Morgan fingerprint density at radius 2 is 1.97 bits per heavy atom. The monoisotopic (exact) mass is 516 g/mol. The van der Waals surface area contributed by atoms with E-state index in [2.05, 4.69) is 11.4 Å². The van der Waals surface area contributed by atoms with Gasteiger partial charge in [-0.25, -0.2) is 13.2 Å². The summed E-state index contributed by atoms with van der Waals surface area (Å²) in [6, 6.07) is 8.00. The summed E-state index contributed by atoms with van der Waals surface area (Å²) in [5.74, 6) is -0.433. The van der Waals surface area contributed by atoms with E-state index in [1.54, 1.807) is 11.8 Å². The lowest BCUT2D eigenvalue weighted by Gasteiger charge is -2.32. The molecule has 3 heterocycles. The Hall–Kier alpha value is -2.94. The van der Waals surface area contributed by atoms with Crippen molar-refractivity contribution in [1.29, 1.82) is 5.26 Å². The molecular weight excluding hydrogens is 488 g/mol. The Kier molecular flexibility index (Phi) is 7.44. The maximum atomic E-state index is 13.0. The van der Waals surface area contributed by atoms with Gasteiger partial charge in [0, 0.05) is 29.6 Å². The third kappa shape index (κ3) is 5.05. The summed E-state index contributed by atoms with van der Waals surface area (Å²) in [5.41, 5.74) is 1.53. The summed E-state index contributed by atoms with van der Waals surface area (Å²) in [6.07, 6.45) is 2.80. The maximum absolute atomic E-state index is 13.0.